The van der Waals surface area contributed by atoms with E-state index < -0.39 is 0 Å². The molecular formula is C13H16N2. The van der Waals surface area contributed by atoms with E-state index in [4.69, 9.17) is 4.98 Å². The maximum absolute atomic E-state index is 4.72. The van der Waals surface area contributed by atoms with E-state index in [0.717, 1.165) is 18.5 Å². The molecule has 0 radical (unpaired) electrons. The van der Waals surface area contributed by atoms with Gasteiger partial charge in [0.05, 0.1) is 11.0 Å². The lowest BCUT2D eigenvalue weighted by molar-refractivity contribution is 0.647. The van der Waals surface area contributed by atoms with E-state index in [-0.39, 0.29) is 0 Å². The third kappa shape index (κ3) is 1.44. The van der Waals surface area contributed by atoms with Gasteiger partial charge in [-0.2, -0.15) is 0 Å². The number of benzene rings is 1. The highest BCUT2D eigenvalue weighted by atomic mass is 15.1. The average Bonchev–Trinajstić information content (AvgIpc) is 2.44. The van der Waals surface area contributed by atoms with E-state index in [1.165, 1.54) is 36.2 Å². The molecule has 0 atom stereocenters. The van der Waals surface area contributed by atoms with E-state index in [2.05, 4.69) is 29.7 Å². The molecule has 0 N–H and O–H groups in total. The van der Waals surface area contributed by atoms with Gasteiger partial charge >= 0.3 is 0 Å². The predicted octanol–water partition coefficient (Wildman–Crippen LogP) is 3.07. The Balaban J connectivity index is 2.24. The number of fused-ring (bicyclic) bond motifs is 3. The number of aryl methyl sites for hydroxylation is 3. The van der Waals surface area contributed by atoms with Gasteiger partial charge in [0.25, 0.3) is 0 Å². The highest BCUT2D eigenvalue weighted by Gasteiger charge is 2.12. The fourth-order valence-corrected chi connectivity index (χ4v) is 2.45. The topological polar surface area (TPSA) is 17.8 Å². The largest absolute Gasteiger partial charge is 0.328 e. The summed E-state index contributed by atoms with van der Waals surface area (Å²) in [4.78, 5) is 4.72. The second kappa shape index (κ2) is 3.37. The lowest BCUT2D eigenvalue weighted by Crippen LogP contribution is -2.00. The van der Waals surface area contributed by atoms with Crippen LogP contribution in [0.15, 0.2) is 18.2 Å². The minimum atomic E-state index is 1.15. The van der Waals surface area contributed by atoms with Crippen molar-refractivity contribution in [2.24, 2.45) is 0 Å². The molecule has 2 nitrogen and oxygen atoms in total. The first-order chi connectivity index (χ1) is 7.34. The molecule has 2 aromatic rings. The number of rotatable bonds is 0. The molecule has 1 aromatic heterocycles. The maximum Gasteiger partial charge on any atom is 0.109 e. The van der Waals surface area contributed by atoms with E-state index in [1.54, 1.807) is 0 Å². The smallest absolute Gasteiger partial charge is 0.109 e. The van der Waals surface area contributed by atoms with Crippen molar-refractivity contribution in [1.29, 1.82) is 0 Å². The first kappa shape index (κ1) is 8.96. The van der Waals surface area contributed by atoms with Crippen molar-refractivity contribution in [2.75, 3.05) is 0 Å². The minimum Gasteiger partial charge on any atom is -0.328 e. The molecule has 0 fully saturated rings. The number of aromatic nitrogens is 2. The zero-order valence-corrected chi connectivity index (χ0v) is 9.16. The Morgan fingerprint density at radius 1 is 1.20 bits per heavy atom. The summed E-state index contributed by atoms with van der Waals surface area (Å²) in [6.45, 7) is 3.30. The molecule has 15 heavy (non-hydrogen) atoms. The maximum atomic E-state index is 4.72. The van der Waals surface area contributed by atoms with Gasteiger partial charge < -0.3 is 4.57 Å². The molecular weight excluding hydrogens is 184 g/mol. The number of imidazole rings is 1. The third-order valence-corrected chi connectivity index (χ3v) is 3.26. The number of hydrogen-bond donors (Lipinski definition) is 0. The Kier molecular flexibility index (Phi) is 2.01. The fourth-order valence-electron chi connectivity index (χ4n) is 2.45. The molecule has 0 aliphatic carbocycles. The summed E-state index contributed by atoms with van der Waals surface area (Å²) >= 11 is 0. The van der Waals surface area contributed by atoms with Crippen LogP contribution in [0.25, 0.3) is 11.0 Å². The van der Waals surface area contributed by atoms with E-state index >= 15 is 0 Å². The monoisotopic (exact) mass is 200 g/mol. The summed E-state index contributed by atoms with van der Waals surface area (Å²) < 4.78 is 2.41. The van der Waals surface area contributed by atoms with Crippen LogP contribution in [0.1, 0.15) is 30.7 Å². The zero-order chi connectivity index (χ0) is 10.3. The Bertz CT molecular complexity index is 496. The SMILES string of the molecule is Cc1ccc2nc3n(c2c1)CCCCC3. The van der Waals surface area contributed by atoms with Crippen LogP contribution in [0, 0.1) is 6.92 Å². The average molecular weight is 200 g/mol. The summed E-state index contributed by atoms with van der Waals surface area (Å²) in [5, 5.41) is 0. The van der Waals surface area contributed by atoms with Crippen LogP contribution in [-0.2, 0) is 13.0 Å². The standard InChI is InChI=1S/C13H16N2/c1-10-6-7-11-12(9-10)15-8-4-2-3-5-13(15)14-11/h6-7,9H,2-5,8H2,1H3. The predicted molar refractivity (Wildman–Crippen MR) is 62.0 cm³/mol. The van der Waals surface area contributed by atoms with Crippen LogP contribution >= 0.6 is 0 Å². The summed E-state index contributed by atoms with van der Waals surface area (Å²) in [6.07, 6.45) is 5.08. The molecule has 1 aliphatic heterocycles. The highest BCUT2D eigenvalue weighted by molar-refractivity contribution is 5.76. The molecule has 0 saturated heterocycles. The second-order valence-corrected chi connectivity index (χ2v) is 4.48. The first-order valence-electron chi connectivity index (χ1n) is 5.80. The van der Waals surface area contributed by atoms with Crippen molar-refractivity contribution in [3.63, 3.8) is 0 Å². The third-order valence-electron chi connectivity index (χ3n) is 3.26. The molecule has 1 aromatic carbocycles. The molecule has 2 heteroatoms. The second-order valence-electron chi connectivity index (χ2n) is 4.48. The van der Waals surface area contributed by atoms with Gasteiger partial charge in [-0.25, -0.2) is 4.98 Å². The van der Waals surface area contributed by atoms with Gasteiger partial charge in [-0.05, 0) is 37.5 Å². The van der Waals surface area contributed by atoms with Crippen LogP contribution in [0.2, 0.25) is 0 Å². The Morgan fingerprint density at radius 2 is 2.13 bits per heavy atom. The molecule has 0 spiro atoms. The van der Waals surface area contributed by atoms with E-state index in [1.807, 2.05) is 0 Å². The van der Waals surface area contributed by atoms with Gasteiger partial charge in [0.15, 0.2) is 0 Å². The van der Waals surface area contributed by atoms with Crippen molar-refractivity contribution in [3.8, 4) is 0 Å². The normalized spacial score (nSPS) is 16.3. The number of nitrogens with zero attached hydrogens (tertiary/aromatic N) is 2. The number of hydrogen-bond acceptors (Lipinski definition) is 1. The summed E-state index contributed by atoms with van der Waals surface area (Å²) in [5.74, 6) is 1.29. The Morgan fingerprint density at radius 3 is 3.07 bits per heavy atom. The van der Waals surface area contributed by atoms with Crippen LogP contribution < -0.4 is 0 Å². The quantitative estimate of drug-likeness (QED) is 0.639. The summed E-state index contributed by atoms with van der Waals surface area (Å²) in [6, 6.07) is 6.55. The molecule has 2 heterocycles. The Hall–Kier alpha value is -1.31. The zero-order valence-electron chi connectivity index (χ0n) is 9.16. The Labute approximate surface area is 89.9 Å². The molecule has 0 amide bonds. The van der Waals surface area contributed by atoms with Gasteiger partial charge in [0.1, 0.15) is 5.82 Å². The van der Waals surface area contributed by atoms with Gasteiger partial charge in [-0.1, -0.05) is 12.5 Å². The van der Waals surface area contributed by atoms with Crippen LogP contribution in [-0.4, -0.2) is 9.55 Å². The molecule has 3 rings (SSSR count). The van der Waals surface area contributed by atoms with Crippen LogP contribution in [0.5, 0.6) is 0 Å². The molecule has 0 bridgehead atoms. The summed E-state index contributed by atoms with van der Waals surface area (Å²) in [5.41, 5.74) is 3.82. The van der Waals surface area contributed by atoms with Crippen molar-refractivity contribution in [1.82, 2.24) is 9.55 Å². The van der Waals surface area contributed by atoms with Crippen molar-refractivity contribution < 1.29 is 0 Å². The first-order valence-corrected chi connectivity index (χ1v) is 5.80. The molecule has 1 aliphatic rings. The molecule has 0 unspecified atom stereocenters. The minimum absolute atomic E-state index is 1.15. The lowest BCUT2D eigenvalue weighted by Gasteiger charge is -2.04. The van der Waals surface area contributed by atoms with E-state index in [0.29, 0.717) is 0 Å². The fraction of sp³-hybridized carbons (Fsp3) is 0.462. The summed E-state index contributed by atoms with van der Waals surface area (Å²) in [7, 11) is 0. The van der Waals surface area contributed by atoms with E-state index in [9.17, 15) is 0 Å². The van der Waals surface area contributed by atoms with Gasteiger partial charge in [-0.3, -0.25) is 0 Å². The van der Waals surface area contributed by atoms with Crippen molar-refractivity contribution in [2.45, 2.75) is 39.2 Å². The van der Waals surface area contributed by atoms with Gasteiger partial charge in [-0.15, -0.1) is 0 Å². The van der Waals surface area contributed by atoms with Crippen LogP contribution in [0.3, 0.4) is 0 Å². The lowest BCUT2D eigenvalue weighted by atomic mass is 10.2. The van der Waals surface area contributed by atoms with Gasteiger partial charge in [0, 0.05) is 13.0 Å². The van der Waals surface area contributed by atoms with Gasteiger partial charge in [0.2, 0.25) is 0 Å². The highest BCUT2D eigenvalue weighted by Crippen LogP contribution is 2.22. The molecule has 78 valence electrons. The van der Waals surface area contributed by atoms with Crippen LogP contribution in [0.4, 0.5) is 0 Å². The van der Waals surface area contributed by atoms with Crippen molar-refractivity contribution in [3.05, 3.63) is 29.6 Å². The van der Waals surface area contributed by atoms with Crippen molar-refractivity contribution >= 4 is 11.0 Å². The molecule has 0 saturated carbocycles.